The third kappa shape index (κ3) is 5.49. The van der Waals surface area contributed by atoms with E-state index in [1.807, 2.05) is 18.2 Å². The van der Waals surface area contributed by atoms with Crippen molar-refractivity contribution in [1.82, 2.24) is 20.6 Å². The van der Waals surface area contributed by atoms with Crippen molar-refractivity contribution < 1.29 is 9.90 Å². The van der Waals surface area contributed by atoms with Crippen LogP contribution in [0.5, 0.6) is 5.75 Å². The van der Waals surface area contributed by atoms with Gasteiger partial charge in [-0.1, -0.05) is 55.8 Å². The molecule has 0 radical (unpaired) electrons. The van der Waals surface area contributed by atoms with Gasteiger partial charge in [0.1, 0.15) is 5.75 Å². The number of benzene rings is 3. The van der Waals surface area contributed by atoms with Crippen LogP contribution >= 0.6 is 11.8 Å². The minimum Gasteiger partial charge on any atom is -0.507 e. The first-order valence-corrected chi connectivity index (χ1v) is 11.9. The van der Waals surface area contributed by atoms with Gasteiger partial charge in [0.2, 0.25) is 0 Å². The monoisotopic (exact) mass is 458 g/mol. The molecule has 0 unspecified atom stereocenters. The largest absolute Gasteiger partial charge is 0.507 e. The summed E-state index contributed by atoms with van der Waals surface area (Å²) in [6, 6.07) is 20.5. The van der Waals surface area contributed by atoms with Gasteiger partial charge in [-0.2, -0.15) is 0 Å². The molecule has 0 amide bonds. The van der Waals surface area contributed by atoms with Crippen LogP contribution in [0, 0.1) is 0 Å². The first-order valence-electron chi connectivity index (χ1n) is 10.9. The number of rotatable bonds is 9. The number of carbonyl (C=O) groups excluding carboxylic acids is 1. The summed E-state index contributed by atoms with van der Waals surface area (Å²) in [6.07, 6.45) is 2.48. The Balaban J connectivity index is 1.43. The van der Waals surface area contributed by atoms with Gasteiger partial charge in [-0.25, -0.2) is 5.10 Å². The van der Waals surface area contributed by atoms with E-state index in [9.17, 15) is 9.90 Å². The zero-order valence-corrected chi connectivity index (χ0v) is 19.5. The molecular weight excluding hydrogens is 432 g/mol. The highest BCUT2D eigenvalue weighted by Crippen LogP contribution is 2.35. The number of ketones is 1. The minimum absolute atomic E-state index is 0.111. The van der Waals surface area contributed by atoms with Gasteiger partial charge < -0.3 is 5.11 Å². The van der Waals surface area contributed by atoms with Gasteiger partial charge in [0.15, 0.2) is 11.6 Å². The fourth-order valence-electron chi connectivity index (χ4n) is 3.79. The fourth-order valence-corrected chi connectivity index (χ4v) is 4.84. The Labute approximate surface area is 197 Å². The van der Waals surface area contributed by atoms with Crippen LogP contribution in [-0.2, 0) is 18.6 Å². The molecule has 2 N–H and O–H groups in total. The first-order chi connectivity index (χ1) is 16.0. The average molecular weight is 459 g/mol. The molecule has 1 aromatic heterocycles. The number of phenols is 1. The van der Waals surface area contributed by atoms with Crippen molar-refractivity contribution in [2.75, 3.05) is 0 Å². The van der Waals surface area contributed by atoms with Crippen molar-refractivity contribution in [3.8, 4) is 17.1 Å². The number of hydrogen-bond donors (Lipinski definition) is 2. The van der Waals surface area contributed by atoms with Crippen LogP contribution < -0.4 is 0 Å². The molecular formula is C26H26N4O2S. The van der Waals surface area contributed by atoms with Gasteiger partial charge in [0.05, 0.1) is 5.56 Å². The Hall–Kier alpha value is -3.45. The summed E-state index contributed by atoms with van der Waals surface area (Å²) < 4.78 is 0. The molecule has 0 aliphatic heterocycles. The number of hydrogen-bond acceptors (Lipinski definition) is 6. The van der Waals surface area contributed by atoms with Crippen molar-refractivity contribution >= 4 is 17.5 Å². The number of tetrazole rings is 1. The third-order valence-corrected chi connectivity index (χ3v) is 6.66. The van der Waals surface area contributed by atoms with Crippen molar-refractivity contribution in [3.05, 3.63) is 88.5 Å². The first kappa shape index (κ1) is 22.7. The second kappa shape index (κ2) is 10.4. The van der Waals surface area contributed by atoms with Crippen LogP contribution in [0.3, 0.4) is 0 Å². The molecule has 4 aromatic rings. The molecule has 0 saturated carbocycles. The summed E-state index contributed by atoms with van der Waals surface area (Å²) >= 11 is 1.69. The molecule has 0 aliphatic carbocycles. The van der Waals surface area contributed by atoms with Gasteiger partial charge in [-0.15, -0.1) is 16.9 Å². The van der Waals surface area contributed by atoms with E-state index in [0.29, 0.717) is 11.4 Å². The van der Waals surface area contributed by atoms with Crippen LogP contribution in [0.2, 0.25) is 0 Å². The second-order valence-electron chi connectivity index (χ2n) is 7.98. The van der Waals surface area contributed by atoms with E-state index in [4.69, 9.17) is 0 Å². The van der Waals surface area contributed by atoms with Crippen molar-refractivity contribution in [2.24, 2.45) is 0 Å². The maximum atomic E-state index is 11.8. The normalized spacial score (nSPS) is 11.0. The summed E-state index contributed by atoms with van der Waals surface area (Å²) in [5.41, 5.74) is 5.86. The Bertz CT molecular complexity index is 1240. The SMILES string of the molecule is CCCc1c(SCc2ccc(Cc3cccc(-c4nnn[nH]4)c3)cc2)ccc(C(C)=O)c1O. The van der Waals surface area contributed by atoms with E-state index in [-0.39, 0.29) is 11.5 Å². The number of H-pyrrole nitrogens is 1. The molecule has 33 heavy (non-hydrogen) atoms. The molecule has 1 heterocycles. The lowest BCUT2D eigenvalue weighted by atomic mass is 10.0. The summed E-state index contributed by atoms with van der Waals surface area (Å²) in [4.78, 5) is 12.8. The highest BCUT2D eigenvalue weighted by atomic mass is 32.2. The number of aromatic amines is 1. The number of carbonyl (C=O) groups is 1. The van der Waals surface area contributed by atoms with Crippen LogP contribution in [0.1, 0.15) is 52.9 Å². The molecule has 0 bridgehead atoms. The fraction of sp³-hybridized carbons (Fsp3) is 0.231. The molecule has 3 aromatic carbocycles. The zero-order valence-electron chi connectivity index (χ0n) is 18.7. The topological polar surface area (TPSA) is 91.8 Å². The zero-order chi connectivity index (χ0) is 23.2. The maximum absolute atomic E-state index is 11.8. The average Bonchev–Trinajstić information content (AvgIpc) is 3.36. The number of aromatic hydroxyl groups is 1. The van der Waals surface area contributed by atoms with Crippen molar-refractivity contribution in [3.63, 3.8) is 0 Å². The van der Waals surface area contributed by atoms with Crippen molar-refractivity contribution in [1.29, 1.82) is 0 Å². The predicted molar refractivity (Wildman–Crippen MR) is 131 cm³/mol. The Morgan fingerprint density at radius 2 is 1.82 bits per heavy atom. The summed E-state index contributed by atoms with van der Waals surface area (Å²) in [7, 11) is 0. The maximum Gasteiger partial charge on any atom is 0.179 e. The number of thioether (sulfide) groups is 1. The standard InChI is InChI=1S/C26H26N4O2S/c1-3-5-23-24(13-12-22(17(2)31)25(23)32)33-16-19-10-8-18(9-11-19)14-20-6-4-7-21(15-20)26-27-29-30-28-26/h4,6-13,15,32H,3,5,14,16H2,1-2H3,(H,27,28,29,30). The lowest BCUT2D eigenvalue weighted by Crippen LogP contribution is -1.98. The van der Waals surface area contributed by atoms with Crippen LogP contribution in [0.4, 0.5) is 0 Å². The summed E-state index contributed by atoms with van der Waals surface area (Å²) in [5.74, 6) is 1.48. The minimum atomic E-state index is -0.111. The molecule has 0 fully saturated rings. The summed E-state index contributed by atoms with van der Waals surface area (Å²) in [6.45, 7) is 3.56. The molecule has 0 saturated heterocycles. The lowest BCUT2D eigenvalue weighted by Gasteiger charge is -2.13. The Morgan fingerprint density at radius 1 is 1.03 bits per heavy atom. The number of nitrogens with zero attached hydrogens (tertiary/aromatic N) is 3. The number of Topliss-reactive ketones (excluding diaryl/α,β-unsaturated/α-hetero) is 1. The van der Waals surface area contributed by atoms with E-state index in [1.165, 1.54) is 23.6 Å². The lowest BCUT2D eigenvalue weighted by molar-refractivity contribution is 0.101. The van der Waals surface area contributed by atoms with Gasteiger partial charge in [0, 0.05) is 21.8 Å². The summed E-state index contributed by atoms with van der Waals surface area (Å²) in [5, 5.41) is 24.6. The molecule has 168 valence electrons. The Kier molecular flexibility index (Phi) is 7.19. The second-order valence-corrected chi connectivity index (χ2v) is 8.99. The molecule has 7 heteroatoms. The molecule has 0 spiro atoms. The van der Waals surface area contributed by atoms with E-state index >= 15 is 0 Å². The van der Waals surface area contributed by atoms with Crippen LogP contribution in [0.15, 0.2) is 65.6 Å². The van der Waals surface area contributed by atoms with Crippen LogP contribution in [-0.4, -0.2) is 31.5 Å². The van der Waals surface area contributed by atoms with Gasteiger partial charge in [0.25, 0.3) is 0 Å². The van der Waals surface area contributed by atoms with Crippen molar-refractivity contribution in [2.45, 2.75) is 43.8 Å². The quantitative estimate of drug-likeness (QED) is 0.250. The van der Waals surface area contributed by atoms with E-state index in [0.717, 1.165) is 41.0 Å². The molecule has 0 atom stereocenters. The molecule has 0 aliphatic rings. The Morgan fingerprint density at radius 3 is 2.52 bits per heavy atom. The smallest absolute Gasteiger partial charge is 0.179 e. The van der Waals surface area contributed by atoms with E-state index in [1.54, 1.807) is 17.8 Å². The van der Waals surface area contributed by atoms with Gasteiger partial charge in [-0.3, -0.25) is 4.79 Å². The number of aromatic nitrogens is 4. The highest BCUT2D eigenvalue weighted by molar-refractivity contribution is 7.98. The predicted octanol–water partition coefficient (Wildman–Crippen LogP) is 5.61. The number of nitrogens with one attached hydrogen (secondary N) is 1. The molecule has 4 rings (SSSR count). The van der Waals surface area contributed by atoms with E-state index < -0.39 is 0 Å². The van der Waals surface area contributed by atoms with E-state index in [2.05, 4.69) is 63.9 Å². The number of phenolic OH excluding ortho intramolecular Hbond substituents is 1. The van der Waals surface area contributed by atoms with Gasteiger partial charge >= 0.3 is 0 Å². The third-order valence-electron chi connectivity index (χ3n) is 5.49. The highest BCUT2D eigenvalue weighted by Gasteiger charge is 2.15. The van der Waals surface area contributed by atoms with Crippen LogP contribution in [0.25, 0.3) is 11.4 Å². The molecule has 6 nitrogen and oxygen atoms in total. The van der Waals surface area contributed by atoms with Gasteiger partial charge in [-0.05, 0) is 65.1 Å².